The number of rotatable bonds is 1. The average Bonchev–Trinajstić information content (AvgIpc) is 2.17. The van der Waals surface area contributed by atoms with Crippen LogP contribution in [0.5, 0.6) is 0 Å². The van der Waals surface area contributed by atoms with E-state index in [4.69, 9.17) is 11.6 Å². The Kier molecular flexibility index (Phi) is 2.90. The van der Waals surface area contributed by atoms with E-state index in [0.29, 0.717) is 17.7 Å². The standard InChI is InChI=1S/C12H19ClO/c1-12(14)7-9(8-13)6-10-4-2-3-5-11(10)12/h6,10-11,14H,2-5,7-8H2,1H3. The Labute approximate surface area is 91.1 Å². The number of hydrogen-bond donors (Lipinski definition) is 1. The van der Waals surface area contributed by atoms with Gasteiger partial charge in [-0.05, 0) is 38.0 Å². The molecule has 3 unspecified atom stereocenters. The summed E-state index contributed by atoms with van der Waals surface area (Å²) in [5.41, 5.74) is 0.726. The monoisotopic (exact) mass is 214 g/mol. The SMILES string of the molecule is CC1(O)CC(CCl)=CC2CCCCC21. The molecule has 0 aliphatic heterocycles. The van der Waals surface area contributed by atoms with Gasteiger partial charge in [0.15, 0.2) is 0 Å². The average molecular weight is 215 g/mol. The second-order valence-electron chi connectivity index (χ2n) is 5.05. The van der Waals surface area contributed by atoms with Crippen molar-refractivity contribution in [2.75, 3.05) is 5.88 Å². The van der Waals surface area contributed by atoms with Crippen molar-refractivity contribution < 1.29 is 5.11 Å². The van der Waals surface area contributed by atoms with Crippen molar-refractivity contribution in [1.82, 2.24) is 0 Å². The molecule has 0 aromatic carbocycles. The molecule has 2 aliphatic rings. The Hall–Kier alpha value is -0.0100. The van der Waals surface area contributed by atoms with Crippen molar-refractivity contribution in [2.24, 2.45) is 11.8 Å². The molecule has 3 atom stereocenters. The van der Waals surface area contributed by atoms with E-state index >= 15 is 0 Å². The van der Waals surface area contributed by atoms with Crippen LogP contribution in [0.15, 0.2) is 11.6 Å². The molecule has 0 spiro atoms. The number of allylic oxidation sites excluding steroid dienone is 1. The molecule has 14 heavy (non-hydrogen) atoms. The van der Waals surface area contributed by atoms with Crippen molar-refractivity contribution in [2.45, 2.75) is 44.6 Å². The highest BCUT2D eigenvalue weighted by Gasteiger charge is 2.41. The van der Waals surface area contributed by atoms with E-state index in [-0.39, 0.29) is 0 Å². The van der Waals surface area contributed by atoms with E-state index in [1.165, 1.54) is 31.3 Å². The molecular weight excluding hydrogens is 196 g/mol. The van der Waals surface area contributed by atoms with E-state index < -0.39 is 5.60 Å². The maximum atomic E-state index is 10.4. The highest BCUT2D eigenvalue weighted by molar-refractivity contribution is 6.19. The molecule has 0 amide bonds. The normalized spacial score (nSPS) is 42.9. The van der Waals surface area contributed by atoms with Crippen LogP contribution in [0, 0.1) is 11.8 Å². The summed E-state index contributed by atoms with van der Waals surface area (Å²) in [5, 5.41) is 10.4. The predicted octanol–water partition coefficient (Wildman–Crippen LogP) is 3.11. The summed E-state index contributed by atoms with van der Waals surface area (Å²) in [4.78, 5) is 0. The minimum absolute atomic E-state index is 0.475. The fourth-order valence-electron chi connectivity index (χ4n) is 3.18. The van der Waals surface area contributed by atoms with Crippen molar-refractivity contribution >= 4 is 11.6 Å². The van der Waals surface area contributed by atoms with Gasteiger partial charge in [-0.25, -0.2) is 0 Å². The topological polar surface area (TPSA) is 20.2 Å². The van der Waals surface area contributed by atoms with Crippen LogP contribution in [0.3, 0.4) is 0 Å². The maximum absolute atomic E-state index is 10.4. The minimum Gasteiger partial charge on any atom is -0.390 e. The molecule has 2 heteroatoms. The molecule has 80 valence electrons. The fourth-order valence-corrected chi connectivity index (χ4v) is 3.36. The summed E-state index contributed by atoms with van der Waals surface area (Å²) in [6.45, 7) is 1.98. The van der Waals surface area contributed by atoms with E-state index in [2.05, 4.69) is 6.08 Å². The Morgan fingerprint density at radius 3 is 2.93 bits per heavy atom. The fraction of sp³-hybridized carbons (Fsp3) is 0.833. The summed E-state index contributed by atoms with van der Waals surface area (Å²) in [7, 11) is 0. The van der Waals surface area contributed by atoms with E-state index in [9.17, 15) is 5.11 Å². The summed E-state index contributed by atoms with van der Waals surface area (Å²) in [5.74, 6) is 1.64. The second kappa shape index (κ2) is 3.86. The Morgan fingerprint density at radius 2 is 2.21 bits per heavy atom. The molecule has 1 fully saturated rings. The maximum Gasteiger partial charge on any atom is 0.0690 e. The third-order valence-corrected chi connectivity index (χ3v) is 4.17. The van der Waals surface area contributed by atoms with E-state index in [0.717, 1.165) is 6.42 Å². The third-order valence-electron chi connectivity index (χ3n) is 3.82. The molecule has 0 radical (unpaired) electrons. The molecule has 2 rings (SSSR count). The first kappa shape index (κ1) is 10.5. The minimum atomic E-state index is -0.510. The van der Waals surface area contributed by atoms with Crippen molar-refractivity contribution in [1.29, 1.82) is 0 Å². The van der Waals surface area contributed by atoms with E-state index in [1.54, 1.807) is 0 Å². The van der Waals surface area contributed by atoms with Gasteiger partial charge in [-0.15, -0.1) is 11.6 Å². The van der Waals surface area contributed by atoms with Gasteiger partial charge in [0.2, 0.25) is 0 Å². The lowest BCUT2D eigenvalue weighted by Gasteiger charge is -2.44. The van der Waals surface area contributed by atoms with Gasteiger partial charge in [0.05, 0.1) is 5.60 Å². The second-order valence-corrected chi connectivity index (χ2v) is 5.31. The summed E-state index contributed by atoms with van der Waals surface area (Å²) < 4.78 is 0. The van der Waals surface area contributed by atoms with Gasteiger partial charge >= 0.3 is 0 Å². The summed E-state index contributed by atoms with van der Waals surface area (Å²) >= 11 is 5.86. The van der Waals surface area contributed by atoms with Crippen LogP contribution in [-0.2, 0) is 0 Å². The molecule has 0 aromatic rings. The van der Waals surface area contributed by atoms with Gasteiger partial charge in [-0.3, -0.25) is 0 Å². The summed E-state index contributed by atoms with van der Waals surface area (Å²) in [6, 6.07) is 0. The third kappa shape index (κ3) is 1.85. The predicted molar refractivity (Wildman–Crippen MR) is 59.5 cm³/mol. The van der Waals surface area contributed by atoms with Crippen LogP contribution < -0.4 is 0 Å². The molecule has 0 bridgehead atoms. The van der Waals surface area contributed by atoms with Gasteiger partial charge in [0.25, 0.3) is 0 Å². The Bertz CT molecular complexity index is 245. The molecule has 0 heterocycles. The van der Waals surface area contributed by atoms with Gasteiger partial charge in [0, 0.05) is 5.88 Å². The van der Waals surface area contributed by atoms with Gasteiger partial charge in [-0.1, -0.05) is 24.5 Å². The van der Waals surface area contributed by atoms with E-state index in [1.807, 2.05) is 6.92 Å². The molecule has 0 aromatic heterocycles. The Balaban J connectivity index is 2.22. The number of alkyl halides is 1. The first-order valence-electron chi connectivity index (χ1n) is 5.61. The lowest BCUT2D eigenvalue weighted by Crippen LogP contribution is -2.43. The van der Waals surface area contributed by atoms with Crippen LogP contribution >= 0.6 is 11.6 Å². The molecule has 2 aliphatic carbocycles. The molecule has 0 saturated heterocycles. The van der Waals surface area contributed by atoms with Gasteiger partial charge in [0.1, 0.15) is 0 Å². The van der Waals surface area contributed by atoms with Crippen LogP contribution in [0.2, 0.25) is 0 Å². The van der Waals surface area contributed by atoms with Gasteiger partial charge < -0.3 is 5.11 Å². The van der Waals surface area contributed by atoms with Crippen LogP contribution in [0.4, 0.5) is 0 Å². The lowest BCUT2D eigenvalue weighted by atomic mass is 9.65. The molecule has 1 nitrogen and oxygen atoms in total. The number of aliphatic hydroxyl groups is 1. The largest absolute Gasteiger partial charge is 0.390 e. The molecular formula is C12H19ClO. The zero-order valence-electron chi connectivity index (χ0n) is 8.80. The number of hydrogen-bond acceptors (Lipinski definition) is 1. The van der Waals surface area contributed by atoms with Crippen LogP contribution in [-0.4, -0.2) is 16.6 Å². The quantitative estimate of drug-likeness (QED) is 0.525. The van der Waals surface area contributed by atoms with Gasteiger partial charge in [-0.2, -0.15) is 0 Å². The van der Waals surface area contributed by atoms with Crippen LogP contribution in [0.25, 0.3) is 0 Å². The molecule has 1 saturated carbocycles. The number of fused-ring (bicyclic) bond motifs is 1. The number of halogens is 1. The lowest BCUT2D eigenvalue weighted by molar-refractivity contribution is -0.0394. The first-order valence-corrected chi connectivity index (χ1v) is 6.15. The zero-order chi connectivity index (χ0) is 10.2. The molecule has 1 N–H and O–H groups in total. The van der Waals surface area contributed by atoms with Crippen molar-refractivity contribution in [3.05, 3.63) is 11.6 Å². The smallest absolute Gasteiger partial charge is 0.0690 e. The zero-order valence-corrected chi connectivity index (χ0v) is 9.56. The Morgan fingerprint density at radius 1 is 1.50 bits per heavy atom. The van der Waals surface area contributed by atoms with Crippen LogP contribution in [0.1, 0.15) is 39.0 Å². The first-order chi connectivity index (χ1) is 6.63. The van der Waals surface area contributed by atoms with Crippen molar-refractivity contribution in [3.63, 3.8) is 0 Å². The van der Waals surface area contributed by atoms with Crippen molar-refractivity contribution in [3.8, 4) is 0 Å². The highest BCUT2D eigenvalue weighted by Crippen LogP contribution is 2.44. The summed E-state index contributed by atoms with van der Waals surface area (Å²) in [6.07, 6.45) is 8.11. The highest BCUT2D eigenvalue weighted by atomic mass is 35.5.